The van der Waals surface area contributed by atoms with Crippen molar-refractivity contribution in [3.63, 3.8) is 0 Å². The molecule has 2 aliphatic heterocycles. The molecule has 0 aliphatic carbocycles. The molecule has 2 saturated heterocycles. The number of amides is 1. The summed E-state index contributed by atoms with van der Waals surface area (Å²) >= 11 is 0. The maximum atomic E-state index is 12.2. The summed E-state index contributed by atoms with van der Waals surface area (Å²) in [5.74, 6) is 0.388. The maximum absolute atomic E-state index is 12.2. The van der Waals surface area contributed by atoms with Gasteiger partial charge < -0.3 is 19.7 Å². The number of nitrogens with zero attached hydrogens (tertiary/aromatic N) is 2. The molecule has 3 rings (SSSR count). The summed E-state index contributed by atoms with van der Waals surface area (Å²) in [7, 11) is 0. The molecule has 2 unspecified atom stereocenters. The summed E-state index contributed by atoms with van der Waals surface area (Å²) < 4.78 is 11.3. The van der Waals surface area contributed by atoms with Crippen LogP contribution in [0, 0.1) is 0 Å². The number of ether oxygens (including phenoxy) is 2. The number of rotatable bonds is 6. The highest BCUT2D eigenvalue weighted by Gasteiger charge is 2.19. The Labute approximate surface area is 143 Å². The molecule has 1 amide bonds. The lowest BCUT2D eigenvalue weighted by atomic mass is 10.1. The number of anilines is 2. The molecular weight excluding hydrogens is 306 g/mol. The van der Waals surface area contributed by atoms with Crippen LogP contribution in [0.25, 0.3) is 0 Å². The number of aromatic nitrogens is 1. The predicted molar refractivity (Wildman–Crippen MR) is 93.3 cm³/mol. The lowest BCUT2D eigenvalue weighted by molar-refractivity contribution is -0.130. The van der Waals surface area contributed by atoms with Gasteiger partial charge in [-0.2, -0.15) is 0 Å². The van der Waals surface area contributed by atoms with Gasteiger partial charge in [0.1, 0.15) is 11.9 Å². The fraction of sp³-hybridized carbons (Fsp3) is 0.667. The fourth-order valence-corrected chi connectivity index (χ4v) is 3.12. The number of carbonyl (C=O) groups is 1. The van der Waals surface area contributed by atoms with E-state index >= 15 is 0 Å². The maximum Gasteiger partial charge on any atom is 0.254 e. The zero-order valence-electron chi connectivity index (χ0n) is 14.4. The molecule has 3 heterocycles. The highest BCUT2D eigenvalue weighted by atomic mass is 16.5. The van der Waals surface area contributed by atoms with Crippen molar-refractivity contribution >= 4 is 17.4 Å². The van der Waals surface area contributed by atoms with Gasteiger partial charge in [0.2, 0.25) is 0 Å². The molecule has 6 nitrogen and oxygen atoms in total. The normalized spacial score (nSPS) is 22.4. The summed E-state index contributed by atoms with van der Waals surface area (Å²) in [6.07, 6.45) is 7.18. The van der Waals surface area contributed by atoms with Crippen LogP contribution in [-0.2, 0) is 14.3 Å². The predicted octanol–water partition coefficient (Wildman–Crippen LogP) is 2.59. The van der Waals surface area contributed by atoms with Crippen molar-refractivity contribution in [2.75, 3.05) is 36.5 Å². The van der Waals surface area contributed by atoms with Gasteiger partial charge in [-0.15, -0.1) is 0 Å². The first-order chi connectivity index (χ1) is 11.7. The standard InChI is InChI=1S/C18H27N3O3/c1-14(24-13-16-6-2-5-11-23-16)18(22)20-17-8-7-15(12-19-17)21-9-3-4-10-21/h7-8,12,14,16H,2-6,9-11,13H2,1H3,(H,19,20,22). The van der Waals surface area contributed by atoms with Crippen LogP contribution in [0.3, 0.4) is 0 Å². The summed E-state index contributed by atoms with van der Waals surface area (Å²) in [6, 6.07) is 3.86. The van der Waals surface area contributed by atoms with E-state index in [4.69, 9.17) is 9.47 Å². The SMILES string of the molecule is CC(OCC1CCCCO1)C(=O)Nc1ccc(N2CCCC2)cn1. The molecule has 0 saturated carbocycles. The molecule has 0 bridgehead atoms. The van der Waals surface area contributed by atoms with Gasteiger partial charge in [0.15, 0.2) is 0 Å². The van der Waals surface area contributed by atoms with E-state index in [0.717, 1.165) is 38.2 Å². The minimum atomic E-state index is -0.518. The molecule has 1 aromatic rings. The topological polar surface area (TPSA) is 63.7 Å². The van der Waals surface area contributed by atoms with Crippen molar-refractivity contribution in [3.8, 4) is 0 Å². The van der Waals surface area contributed by atoms with E-state index in [2.05, 4.69) is 15.2 Å². The summed E-state index contributed by atoms with van der Waals surface area (Å²) in [5, 5.41) is 2.81. The van der Waals surface area contributed by atoms with E-state index in [1.807, 2.05) is 18.3 Å². The van der Waals surface area contributed by atoms with Gasteiger partial charge in [0.05, 0.1) is 24.6 Å². The Balaban J connectivity index is 1.44. The Morgan fingerprint density at radius 3 is 2.88 bits per heavy atom. The van der Waals surface area contributed by atoms with Crippen LogP contribution in [0.15, 0.2) is 18.3 Å². The smallest absolute Gasteiger partial charge is 0.254 e. The Bertz CT molecular complexity index is 523. The summed E-state index contributed by atoms with van der Waals surface area (Å²) in [4.78, 5) is 18.9. The van der Waals surface area contributed by atoms with Gasteiger partial charge in [-0.1, -0.05) is 0 Å². The van der Waals surface area contributed by atoms with Gasteiger partial charge in [-0.3, -0.25) is 4.79 Å². The van der Waals surface area contributed by atoms with Crippen LogP contribution in [0.5, 0.6) is 0 Å². The zero-order chi connectivity index (χ0) is 16.8. The first-order valence-electron chi connectivity index (χ1n) is 8.97. The lowest BCUT2D eigenvalue weighted by Gasteiger charge is -2.23. The average Bonchev–Trinajstić information content (AvgIpc) is 3.16. The van der Waals surface area contributed by atoms with E-state index < -0.39 is 6.10 Å². The Morgan fingerprint density at radius 2 is 2.21 bits per heavy atom. The third-order valence-corrected chi connectivity index (χ3v) is 4.65. The van der Waals surface area contributed by atoms with E-state index in [-0.39, 0.29) is 12.0 Å². The number of hydrogen-bond donors (Lipinski definition) is 1. The molecular formula is C18H27N3O3. The van der Waals surface area contributed by atoms with Crippen LogP contribution in [0.4, 0.5) is 11.5 Å². The first-order valence-corrected chi connectivity index (χ1v) is 8.97. The minimum Gasteiger partial charge on any atom is -0.376 e. The lowest BCUT2D eigenvalue weighted by Crippen LogP contribution is -2.32. The second-order valence-corrected chi connectivity index (χ2v) is 6.55. The van der Waals surface area contributed by atoms with Crippen molar-refractivity contribution in [2.24, 2.45) is 0 Å². The largest absolute Gasteiger partial charge is 0.376 e. The van der Waals surface area contributed by atoms with Gasteiger partial charge in [0, 0.05) is 19.7 Å². The van der Waals surface area contributed by atoms with Crippen molar-refractivity contribution in [1.82, 2.24) is 4.98 Å². The molecule has 132 valence electrons. The fourth-order valence-electron chi connectivity index (χ4n) is 3.12. The molecule has 2 atom stereocenters. The third-order valence-electron chi connectivity index (χ3n) is 4.65. The van der Waals surface area contributed by atoms with Crippen LogP contribution in [0.1, 0.15) is 39.0 Å². The molecule has 2 aliphatic rings. The first kappa shape index (κ1) is 17.2. The van der Waals surface area contributed by atoms with Crippen molar-refractivity contribution in [2.45, 2.75) is 51.2 Å². The number of carbonyl (C=O) groups excluding carboxylic acids is 1. The van der Waals surface area contributed by atoms with Crippen molar-refractivity contribution < 1.29 is 14.3 Å². The molecule has 1 aromatic heterocycles. The number of pyridine rings is 1. The Kier molecular flexibility index (Phi) is 6.04. The van der Waals surface area contributed by atoms with E-state index in [9.17, 15) is 4.79 Å². The van der Waals surface area contributed by atoms with Gasteiger partial charge in [-0.25, -0.2) is 4.98 Å². The molecule has 0 radical (unpaired) electrons. The second-order valence-electron chi connectivity index (χ2n) is 6.55. The Hall–Kier alpha value is -1.66. The summed E-state index contributed by atoms with van der Waals surface area (Å²) in [6.45, 7) is 5.19. The van der Waals surface area contributed by atoms with E-state index in [1.165, 1.54) is 19.3 Å². The van der Waals surface area contributed by atoms with Gasteiger partial charge >= 0.3 is 0 Å². The highest BCUT2D eigenvalue weighted by molar-refractivity contribution is 5.93. The van der Waals surface area contributed by atoms with E-state index in [0.29, 0.717) is 12.4 Å². The van der Waals surface area contributed by atoms with Gasteiger partial charge in [-0.05, 0) is 51.2 Å². The molecule has 0 spiro atoms. The minimum absolute atomic E-state index is 0.117. The number of hydrogen-bond acceptors (Lipinski definition) is 5. The highest BCUT2D eigenvalue weighted by Crippen LogP contribution is 2.20. The average molecular weight is 333 g/mol. The number of nitrogens with one attached hydrogen (secondary N) is 1. The van der Waals surface area contributed by atoms with Crippen LogP contribution >= 0.6 is 0 Å². The zero-order valence-corrected chi connectivity index (χ0v) is 14.4. The molecule has 0 aromatic carbocycles. The monoisotopic (exact) mass is 333 g/mol. The van der Waals surface area contributed by atoms with Crippen LogP contribution in [-0.4, -0.2) is 49.4 Å². The third kappa shape index (κ3) is 4.68. The summed E-state index contributed by atoms with van der Waals surface area (Å²) in [5.41, 5.74) is 1.12. The molecule has 6 heteroatoms. The van der Waals surface area contributed by atoms with Crippen molar-refractivity contribution in [1.29, 1.82) is 0 Å². The van der Waals surface area contributed by atoms with Crippen molar-refractivity contribution in [3.05, 3.63) is 18.3 Å². The van der Waals surface area contributed by atoms with Crippen LogP contribution in [0.2, 0.25) is 0 Å². The Morgan fingerprint density at radius 1 is 1.38 bits per heavy atom. The molecule has 24 heavy (non-hydrogen) atoms. The molecule has 1 N–H and O–H groups in total. The second kappa shape index (κ2) is 8.44. The quantitative estimate of drug-likeness (QED) is 0.867. The van der Waals surface area contributed by atoms with Crippen LogP contribution < -0.4 is 10.2 Å². The van der Waals surface area contributed by atoms with E-state index in [1.54, 1.807) is 6.92 Å². The molecule has 2 fully saturated rings. The van der Waals surface area contributed by atoms with Gasteiger partial charge in [0.25, 0.3) is 5.91 Å².